The molecular formula is C25H31ClN4O. The zero-order chi connectivity index (χ0) is 21.6. The Kier molecular flexibility index (Phi) is 7.25. The summed E-state index contributed by atoms with van der Waals surface area (Å²) >= 11 is 6.21. The average molecular weight is 439 g/mol. The monoisotopic (exact) mass is 438 g/mol. The van der Waals surface area contributed by atoms with Gasteiger partial charge in [-0.1, -0.05) is 49.2 Å². The van der Waals surface area contributed by atoms with E-state index in [1.165, 1.54) is 12.8 Å². The van der Waals surface area contributed by atoms with Gasteiger partial charge in [-0.15, -0.1) is 0 Å². The number of benzene rings is 2. The Balaban J connectivity index is 1.60. The van der Waals surface area contributed by atoms with E-state index in [1.54, 1.807) is 0 Å². The van der Waals surface area contributed by atoms with Crippen LogP contribution in [0.1, 0.15) is 50.0 Å². The van der Waals surface area contributed by atoms with Crippen molar-refractivity contribution < 1.29 is 4.79 Å². The van der Waals surface area contributed by atoms with Crippen LogP contribution in [-0.2, 0) is 11.2 Å². The van der Waals surface area contributed by atoms with E-state index in [0.717, 1.165) is 54.9 Å². The van der Waals surface area contributed by atoms with Gasteiger partial charge in [-0.2, -0.15) is 0 Å². The van der Waals surface area contributed by atoms with Crippen LogP contribution in [0.5, 0.6) is 0 Å². The molecule has 0 spiro atoms. The van der Waals surface area contributed by atoms with Crippen molar-refractivity contribution in [3.05, 3.63) is 64.9 Å². The lowest BCUT2D eigenvalue weighted by atomic mass is 10.1. The first-order chi connectivity index (χ1) is 15.2. The number of nitrogens with one attached hydrogen (secondary N) is 1. The van der Waals surface area contributed by atoms with Crippen LogP contribution < -0.4 is 5.32 Å². The number of para-hydroxylation sites is 2. The number of hydrogen-bond acceptors (Lipinski definition) is 3. The number of hydrogen-bond donors (Lipinski definition) is 1. The van der Waals surface area contributed by atoms with E-state index in [0.29, 0.717) is 18.0 Å². The number of imidazole rings is 1. The molecule has 4 rings (SSSR count). The third kappa shape index (κ3) is 5.28. The number of fused-ring (bicyclic) bond motifs is 1. The molecule has 0 aliphatic carbocycles. The molecule has 164 valence electrons. The van der Waals surface area contributed by atoms with Crippen LogP contribution in [0.2, 0.25) is 5.02 Å². The van der Waals surface area contributed by atoms with Gasteiger partial charge in [0, 0.05) is 24.5 Å². The topological polar surface area (TPSA) is 50.2 Å². The molecule has 1 unspecified atom stereocenters. The highest BCUT2D eigenvalue weighted by Gasteiger charge is 2.25. The van der Waals surface area contributed by atoms with Gasteiger partial charge in [-0.3, -0.25) is 4.79 Å². The molecule has 1 saturated heterocycles. The van der Waals surface area contributed by atoms with Crippen molar-refractivity contribution in [2.24, 2.45) is 0 Å². The van der Waals surface area contributed by atoms with Crippen molar-refractivity contribution in [3.63, 3.8) is 0 Å². The van der Waals surface area contributed by atoms with Crippen molar-refractivity contribution in [3.8, 4) is 0 Å². The van der Waals surface area contributed by atoms with Crippen molar-refractivity contribution in [2.75, 3.05) is 26.2 Å². The highest BCUT2D eigenvalue weighted by molar-refractivity contribution is 6.30. The van der Waals surface area contributed by atoms with E-state index in [-0.39, 0.29) is 11.9 Å². The van der Waals surface area contributed by atoms with Gasteiger partial charge >= 0.3 is 0 Å². The van der Waals surface area contributed by atoms with E-state index in [4.69, 9.17) is 16.6 Å². The molecule has 0 bridgehead atoms. The molecule has 1 fully saturated rings. The number of likely N-dealkylation sites (tertiary alicyclic amines) is 1. The Morgan fingerprint density at radius 1 is 1.16 bits per heavy atom. The summed E-state index contributed by atoms with van der Waals surface area (Å²) in [7, 11) is 0. The van der Waals surface area contributed by atoms with Crippen LogP contribution in [0.3, 0.4) is 0 Å². The predicted octanol–water partition coefficient (Wildman–Crippen LogP) is 4.83. The van der Waals surface area contributed by atoms with Gasteiger partial charge in [0.2, 0.25) is 5.91 Å². The summed E-state index contributed by atoms with van der Waals surface area (Å²) in [5.74, 6) is 0.980. The fourth-order valence-corrected chi connectivity index (χ4v) is 4.72. The number of aromatic nitrogens is 2. The second-order valence-electron chi connectivity index (χ2n) is 8.34. The van der Waals surface area contributed by atoms with E-state index in [9.17, 15) is 4.79 Å². The summed E-state index contributed by atoms with van der Waals surface area (Å²) in [6.45, 7) is 6.02. The molecule has 5 nitrogen and oxygen atoms in total. The summed E-state index contributed by atoms with van der Waals surface area (Å²) in [5.41, 5.74) is 3.02. The van der Waals surface area contributed by atoms with Gasteiger partial charge in [-0.25, -0.2) is 4.98 Å². The second kappa shape index (κ2) is 10.3. The molecule has 2 aromatic carbocycles. The number of rotatable bonds is 9. The van der Waals surface area contributed by atoms with Crippen LogP contribution >= 0.6 is 11.6 Å². The third-order valence-corrected chi connectivity index (χ3v) is 6.26. The van der Waals surface area contributed by atoms with E-state index in [2.05, 4.69) is 33.8 Å². The van der Waals surface area contributed by atoms with Crippen LogP contribution in [0.15, 0.2) is 48.5 Å². The molecule has 1 aromatic heterocycles. The smallest absolute Gasteiger partial charge is 0.243 e. The van der Waals surface area contributed by atoms with Crippen molar-refractivity contribution in [1.29, 1.82) is 0 Å². The van der Waals surface area contributed by atoms with E-state index < -0.39 is 0 Å². The lowest BCUT2D eigenvalue weighted by Gasteiger charge is -2.22. The summed E-state index contributed by atoms with van der Waals surface area (Å²) in [6.07, 6.45) is 4.86. The highest BCUT2D eigenvalue weighted by atomic mass is 35.5. The number of amides is 1. The summed E-state index contributed by atoms with van der Waals surface area (Å²) in [4.78, 5) is 20.6. The maximum absolute atomic E-state index is 13.3. The predicted molar refractivity (Wildman–Crippen MR) is 127 cm³/mol. The third-order valence-electron chi connectivity index (χ3n) is 6.02. The minimum atomic E-state index is -0.273. The van der Waals surface area contributed by atoms with Gasteiger partial charge in [0.15, 0.2) is 0 Å². The fraction of sp³-hybridized carbons (Fsp3) is 0.440. The molecule has 1 aliphatic rings. The number of nitrogens with zero attached hydrogens (tertiary/aromatic N) is 3. The van der Waals surface area contributed by atoms with Crippen LogP contribution in [0.4, 0.5) is 0 Å². The van der Waals surface area contributed by atoms with Crippen molar-refractivity contribution >= 4 is 28.5 Å². The number of carbonyl (C=O) groups excluding carboxylic acids is 1. The first-order valence-electron chi connectivity index (χ1n) is 11.4. The van der Waals surface area contributed by atoms with Gasteiger partial charge in [0.05, 0.1) is 11.0 Å². The Hall–Kier alpha value is -2.37. The zero-order valence-electron chi connectivity index (χ0n) is 18.2. The standard InChI is InChI=1S/C25H31ClN4O/c1-2-8-23(25(31)27-13-16-29-14-5-6-15-29)30-22-12-4-3-11-21(22)28-24(30)18-19-9-7-10-20(26)17-19/h3-4,7,9-12,17,23H,2,5-6,8,13-16,18H2,1H3,(H,27,31). The summed E-state index contributed by atoms with van der Waals surface area (Å²) in [6, 6.07) is 15.7. The van der Waals surface area contributed by atoms with Crippen molar-refractivity contribution in [1.82, 2.24) is 19.8 Å². The lowest BCUT2D eigenvalue weighted by Crippen LogP contribution is -2.38. The quantitative estimate of drug-likeness (QED) is 0.520. The molecule has 1 amide bonds. The Labute approximate surface area is 189 Å². The van der Waals surface area contributed by atoms with E-state index >= 15 is 0 Å². The molecule has 31 heavy (non-hydrogen) atoms. The largest absolute Gasteiger partial charge is 0.353 e. The van der Waals surface area contributed by atoms with Crippen LogP contribution in [0, 0.1) is 0 Å². The van der Waals surface area contributed by atoms with Crippen LogP contribution in [0.25, 0.3) is 11.0 Å². The fourth-order valence-electron chi connectivity index (χ4n) is 4.51. The first kappa shape index (κ1) is 21.8. The van der Waals surface area contributed by atoms with Gasteiger partial charge in [-0.05, 0) is 62.2 Å². The molecule has 0 saturated carbocycles. The Morgan fingerprint density at radius 3 is 2.74 bits per heavy atom. The van der Waals surface area contributed by atoms with Gasteiger partial charge < -0.3 is 14.8 Å². The maximum Gasteiger partial charge on any atom is 0.243 e. The Bertz CT molecular complexity index is 1030. The first-order valence-corrected chi connectivity index (χ1v) is 11.7. The highest BCUT2D eigenvalue weighted by Crippen LogP contribution is 2.27. The average Bonchev–Trinajstić information content (AvgIpc) is 3.40. The molecule has 1 atom stereocenters. The van der Waals surface area contributed by atoms with Gasteiger partial charge in [0.25, 0.3) is 0 Å². The summed E-state index contributed by atoms with van der Waals surface area (Å²) < 4.78 is 2.14. The molecule has 0 radical (unpaired) electrons. The maximum atomic E-state index is 13.3. The zero-order valence-corrected chi connectivity index (χ0v) is 18.9. The minimum absolute atomic E-state index is 0.0801. The van der Waals surface area contributed by atoms with E-state index in [1.807, 2.05) is 36.4 Å². The number of halogens is 1. The SMILES string of the molecule is CCCC(C(=O)NCCN1CCCC1)n1c(Cc2cccc(Cl)c2)nc2ccccc21. The molecular weight excluding hydrogens is 408 g/mol. The summed E-state index contributed by atoms with van der Waals surface area (Å²) in [5, 5.41) is 3.91. The molecule has 2 heterocycles. The van der Waals surface area contributed by atoms with Crippen molar-refractivity contribution in [2.45, 2.75) is 45.1 Å². The second-order valence-corrected chi connectivity index (χ2v) is 8.77. The molecule has 1 aliphatic heterocycles. The molecule has 3 aromatic rings. The van der Waals surface area contributed by atoms with Gasteiger partial charge in [0.1, 0.15) is 11.9 Å². The lowest BCUT2D eigenvalue weighted by molar-refractivity contribution is -0.124. The van der Waals surface area contributed by atoms with Crippen LogP contribution in [-0.4, -0.2) is 46.5 Å². The number of carbonyl (C=O) groups is 1. The Morgan fingerprint density at radius 2 is 1.97 bits per heavy atom. The molecule has 1 N–H and O–H groups in total. The molecule has 6 heteroatoms. The normalized spacial score (nSPS) is 15.4. The minimum Gasteiger partial charge on any atom is -0.353 e.